The summed E-state index contributed by atoms with van der Waals surface area (Å²) in [6.07, 6.45) is 3.12. The van der Waals surface area contributed by atoms with Gasteiger partial charge in [-0.15, -0.1) is 11.8 Å². The molecule has 0 radical (unpaired) electrons. The van der Waals surface area contributed by atoms with Crippen molar-refractivity contribution < 1.29 is 4.79 Å². The first-order valence-electron chi connectivity index (χ1n) is 7.99. The average Bonchev–Trinajstić information content (AvgIpc) is 2.60. The van der Waals surface area contributed by atoms with Crippen molar-refractivity contribution in [2.24, 2.45) is 0 Å². The summed E-state index contributed by atoms with van der Waals surface area (Å²) in [5.41, 5.74) is 2.70. The first kappa shape index (κ1) is 17.4. The van der Waals surface area contributed by atoms with Gasteiger partial charge in [-0.1, -0.05) is 19.1 Å². The zero-order valence-corrected chi connectivity index (χ0v) is 14.8. The molecule has 23 heavy (non-hydrogen) atoms. The fourth-order valence-corrected chi connectivity index (χ4v) is 3.06. The molecule has 0 bridgehead atoms. The molecule has 0 saturated heterocycles. The normalized spacial score (nSPS) is 10.4. The van der Waals surface area contributed by atoms with Crippen LogP contribution in [0.1, 0.15) is 30.6 Å². The van der Waals surface area contributed by atoms with Crippen molar-refractivity contribution in [3.8, 4) is 0 Å². The molecule has 0 fully saturated rings. The van der Waals surface area contributed by atoms with Crippen LogP contribution in [0.4, 0.5) is 11.4 Å². The third kappa shape index (κ3) is 4.52. The minimum absolute atomic E-state index is 0.0726. The third-order valence-corrected chi connectivity index (χ3v) is 4.52. The van der Waals surface area contributed by atoms with Crippen molar-refractivity contribution in [2.45, 2.75) is 25.2 Å². The van der Waals surface area contributed by atoms with E-state index in [-0.39, 0.29) is 5.91 Å². The smallest absolute Gasteiger partial charge is 0.255 e. The zero-order valence-electron chi connectivity index (χ0n) is 14.0. The Balaban J connectivity index is 2.11. The summed E-state index contributed by atoms with van der Waals surface area (Å²) in [6, 6.07) is 15.7. The maximum Gasteiger partial charge on any atom is 0.255 e. The quantitative estimate of drug-likeness (QED) is 0.734. The maximum atomic E-state index is 12.4. The Morgan fingerprint density at radius 2 is 1.78 bits per heavy atom. The molecule has 1 amide bonds. The predicted octanol–water partition coefficient (Wildman–Crippen LogP) is 4.90. The molecular formula is C19H24N2OS. The maximum absolute atomic E-state index is 12.4. The molecule has 122 valence electrons. The number of hydrogen-bond donors (Lipinski definition) is 1. The van der Waals surface area contributed by atoms with Gasteiger partial charge in [-0.25, -0.2) is 0 Å². The zero-order chi connectivity index (χ0) is 16.7. The number of anilines is 2. The van der Waals surface area contributed by atoms with E-state index in [4.69, 9.17) is 0 Å². The van der Waals surface area contributed by atoms with Crippen LogP contribution in [0.5, 0.6) is 0 Å². The largest absolute Gasteiger partial charge is 0.372 e. The van der Waals surface area contributed by atoms with Gasteiger partial charge in [0.15, 0.2) is 0 Å². The number of para-hydroxylation sites is 1. The van der Waals surface area contributed by atoms with Crippen LogP contribution >= 0.6 is 11.8 Å². The van der Waals surface area contributed by atoms with Gasteiger partial charge in [0.25, 0.3) is 5.91 Å². The molecule has 2 aromatic rings. The van der Waals surface area contributed by atoms with Crippen LogP contribution in [0, 0.1) is 0 Å². The van der Waals surface area contributed by atoms with Crippen molar-refractivity contribution >= 4 is 29.0 Å². The van der Waals surface area contributed by atoms with E-state index >= 15 is 0 Å². The van der Waals surface area contributed by atoms with E-state index in [1.807, 2.05) is 54.8 Å². The number of amides is 1. The number of rotatable bonds is 7. The van der Waals surface area contributed by atoms with Gasteiger partial charge in [0, 0.05) is 29.2 Å². The summed E-state index contributed by atoms with van der Waals surface area (Å²) in [5.74, 6) is -0.0726. The van der Waals surface area contributed by atoms with Gasteiger partial charge < -0.3 is 10.2 Å². The monoisotopic (exact) mass is 328 g/mol. The second-order valence-electron chi connectivity index (χ2n) is 5.28. The summed E-state index contributed by atoms with van der Waals surface area (Å²) in [7, 11) is 0. The molecule has 0 aliphatic carbocycles. The number of benzene rings is 2. The van der Waals surface area contributed by atoms with Gasteiger partial charge in [0.2, 0.25) is 0 Å². The molecule has 0 saturated carbocycles. The fraction of sp³-hybridized carbons (Fsp3) is 0.316. The molecule has 2 aromatic carbocycles. The number of nitrogens with zero attached hydrogens (tertiary/aromatic N) is 1. The van der Waals surface area contributed by atoms with Crippen molar-refractivity contribution in [1.29, 1.82) is 0 Å². The van der Waals surface area contributed by atoms with Crippen molar-refractivity contribution in [2.75, 3.05) is 29.6 Å². The minimum atomic E-state index is -0.0726. The van der Waals surface area contributed by atoms with E-state index in [2.05, 4.69) is 24.1 Å². The predicted molar refractivity (Wildman–Crippen MR) is 101 cm³/mol. The molecule has 0 aliphatic rings. The average molecular weight is 328 g/mol. The van der Waals surface area contributed by atoms with Crippen LogP contribution in [0.2, 0.25) is 0 Å². The molecule has 2 rings (SSSR count). The first-order chi connectivity index (χ1) is 11.2. The van der Waals surface area contributed by atoms with E-state index < -0.39 is 0 Å². The number of thioether (sulfide) groups is 1. The van der Waals surface area contributed by atoms with Gasteiger partial charge in [0.1, 0.15) is 0 Å². The van der Waals surface area contributed by atoms with Gasteiger partial charge in [-0.3, -0.25) is 4.79 Å². The fourth-order valence-electron chi connectivity index (χ4n) is 2.51. The van der Waals surface area contributed by atoms with Crippen LogP contribution in [-0.2, 0) is 0 Å². The lowest BCUT2D eigenvalue weighted by Gasteiger charge is -2.22. The molecular weight excluding hydrogens is 304 g/mol. The molecule has 0 aromatic heterocycles. The Morgan fingerprint density at radius 1 is 1.09 bits per heavy atom. The Labute approximate surface area is 143 Å². The lowest BCUT2D eigenvalue weighted by Crippen LogP contribution is -2.23. The van der Waals surface area contributed by atoms with Crippen LogP contribution in [0.25, 0.3) is 0 Å². The van der Waals surface area contributed by atoms with E-state index in [1.54, 1.807) is 11.8 Å². The number of carbonyl (C=O) groups excluding carboxylic acids is 1. The van der Waals surface area contributed by atoms with Crippen LogP contribution in [0.3, 0.4) is 0 Å². The van der Waals surface area contributed by atoms with Gasteiger partial charge in [-0.05, 0) is 56.0 Å². The van der Waals surface area contributed by atoms with E-state index in [1.165, 1.54) is 0 Å². The standard InChI is InChI=1S/C19H24N2OS/c1-4-14-21(5-2)16-12-10-15(11-13-16)19(22)20-17-8-6-7-9-18(17)23-3/h6-13H,4-5,14H2,1-3H3,(H,20,22). The lowest BCUT2D eigenvalue weighted by molar-refractivity contribution is 0.102. The molecule has 0 atom stereocenters. The third-order valence-electron chi connectivity index (χ3n) is 3.73. The molecule has 0 aliphatic heterocycles. The number of nitrogens with one attached hydrogen (secondary N) is 1. The first-order valence-corrected chi connectivity index (χ1v) is 9.21. The van der Waals surface area contributed by atoms with Gasteiger partial charge in [0.05, 0.1) is 5.69 Å². The molecule has 1 N–H and O–H groups in total. The van der Waals surface area contributed by atoms with Gasteiger partial charge in [-0.2, -0.15) is 0 Å². The van der Waals surface area contributed by atoms with Crippen molar-refractivity contribution in [3.63, 3.8) is 0 Å². The van der Waals surface area contributed by atoms with E-state index in [9.17, 15) is 4.79 Å². The highest BCUT2D eigenvalue weighted by atomic mass is 32.2. The summed E-state index contributed by atoms with van der Waals surface area (Å²) < 4.78 is 0. The summed E-state index contributed by atoms with van der Waals surface area (Å²) in [6.45, 7) is 6.33. The highest BCUT2D eigenvalue weighted by Crippen LogP contribution is 2.25. The van der Waals surface area contributed by atoms with Crippen LogP contribution in [-0.4, -0.2) is 25.3 Å². The van der Waals surface area contributed by atoms with Crippen LogP contribution < -0.4 is 10.2 Å². The molecule has 0 unspecified atom stereocenters. The molecule has 4 heteroatoms. The molecule has 3 nitrogen and oxygen atoms in total. The van der Waals surface area contributed by atoms with Crippen LogP contribution in [0.15, 0.2) is 53.4 Å². The second kappa shape index (κ2) is 8.63. The molecule has 0 spiro atoms. The van der Waals surface area contributed by atoms with Gasteiger partial charge >= 0.3 is 0 Å². The summed E-state index contributed by atoms with van der Waals surface area (Å²) in [5, 5.41) is 2.99. The van der Waals surface area contributed by atoms with E-state index in [0.29, 0.717) is 5.56 Å². The van der Waals surface area contributed by atoms with E-state index in [0.717, 1.165) is 35.8 Å². The Kier molecular flexibility index (Phi) is 6.53. The molecule has 0 heterocycles. The number of carbonyl (C=O) groups is 1. The Morgan fingerprint density at radius 3 is 2.39 bits per heavy atom. The highest BCUT2D eigenvalue weighted by molar-refractivity contribution is 7.98. The topological polar surface area (TPSA) is 32.3 Å². The summed E-state index contributed by atoms with van der Waals surface area (Å²) in [4.78, 5) is 15.8. The highest BCUT2D eigenvalue weighted by Gasteiger charge is 2.10. The summed E-state index contributed by atoms with van der Waals surface area (Å²) >= 11 is 1.63. The van der Waals surface area contributed by atoms with Crippen molar-refractivity contribution in [3.05, 3.63) is 54.1 Å². The Hall–Kier alpha value is -1.94. The Bertz CT molecular complexity index is 640. The second-order valence-corrected chi connectivity index (χ2v) is 6.13. The SMILES string of the molecule is CCCN(CC)c1ccc(C(=O)Nc2ccccc2SC)cc1. The van der Waals surface area contributed by atoms with Crippen molar-refractivity contribution in [1.82, 2.24) is 0 Å². The minimum Gasteiger partial charge on any atom is -0.372 e. The number of hydrogen-bond acceptors (Lipinski definition) is 3. The lowest BCUT2D eigenvalue weighted by atomic mass is 10.1.